The van der Waals surface area contributed by atoms with Gasteiger partial charge in [0.05, 0.1) is 17.8 Å². The molecule has 2 N–H and O–H groups in total. The number of imide groups is 1. The van der Waals surface area contributed by atoms with Crippen LogP contribution in [0.1, 0.15) is 28.9 Å². The molecule has 0 aliphatic carbocycles. The maximum Gasteiger partial charge on any atom is 0.324 e. The lowest BCUT2D eigenvalue weighted by Gasteiger charge is -2.31. The molecule has 0 unspecified atom stereocenters. The Hall–Kier alpha value is -3.27. The van der Waals surface area contributed by atoms with Gasteiger partial charge in [-0.2, -0.15) is 5.10 Å². The first-order valence-corrected chi connectivity index (χ1v) is 10.8. The molecule has 10 heteroatoms. The van der Waals surface area contributed by atoms with E-state index in [4.69, 9.17) is 0 Å². The number of halogens is 1. The van der Waals surface area contributed by atoms with Crippen LogP contribution in [0.25, 0.3) is 0 Å². The van der Waals surface area contributed by atoms with Crippen molar-refractivity contribution in [2.75, 3.05) is 38.0 Å². The van der Waals surface area contributed by atoms with E-state index >= 15 is 0 Å². The van der Waals surface area contributed by atoms with Crippen molar-refractivity contribution in [3.8, 4) is 0 Å². The van der Waals surface area contributed by atoms with E-state index in [0.29, 0.717) is 36.7 Å². The molecule has 170 valence electrons. The van der Waals surface area contributed by atoms with E-state index in [1.165, 1.54) is 29.2 Å². The number of carbonyl (C=O) groups is 3. The lowest BCUT2D eigenvalue weighted by molar-refractivity contribution is -0.129. The monoisotopic (exact) mass is 442 g/mol. The van der Waals surface area contributed by atoms with Gasteiger partial charge in [0, 0.05) is 32.0 Å². The van der Waals surface area contributed by atoms with Gasteiger partial charge in [-0.3, -0.25) is 24.1 Å². The Morgan fingerprint density at radius 2 is 1.91 bits per heavy atom. The van der Waals surface area contributed by atoms with Crippen LogP contribution in [0.2, 0.25) is 0 Å². The molecule has 0 atom stereocenters. The zero-order valence-electron chi connectivity index (χ0n) is 18.0. The Morgan fingerprint density at radius 3 is 2.56 bits per heavy atom. The third kappa shape index (κ3) is 5.13. The first kappa shape index (κ1) is 21.9. The minimum atomic E-state index is -0.359. The van der Waals surface area contributed by atoms with Gasteiger partial charge in [0.2, 0.25) is 5.91 Å². The van der Waals surface area contributed by atoms with Crippen molar-refractivity contribution < 1.29 is 18.8 Å². The van der Waals surface area contributed by atoms with Crippen molar-refractivity contribution in [3.63, 3.8) is 0 Å². The zero-order chi connectivity index (χ0) is 22.7. The van der Waals surface area contributed by atoms with E-state index in [1.54, 1.807) is 17.9 Å². The Morgan fingerprint density at radius 1 is 1.19 bits per heavy atom. The highest BCUT2D eigenvalue weighted by Gasteiger charge is 2.29. The highest BCUT2D eigenvalue weighted by molar-refractivity contribution is 6.04. The number of anilines is 1. The zero-order valence-corrected chi connectivity index (χ0v) is 18.0. The van der Waals surface area contributed by atoms with Gasteiger partial charge in [0.15, 0.2) is 0 Å². The Bertz CT molecular complexity index is 998. The average molecular weight is 442 g/mol. The number of hydrogen-bond donors (Lipinski definition) is 2. The molecule has 2 fully saturated rings. The second-order valence-electron chi connectivity index (χ2n) is 8.33. The molecule has 0 spiro atoms. The number of hydrogen-bond acceptors (Lipinski definition) is 5. The Balaban J connectivity index is 1.31. The summed E-state index contributed by atoms with van der Waals surface area (Å²) in [5.41, 5.74) is 1.76. The molecule has 0 bridgehead atoms. The van der Waals surface area contributed by atoms with E-state index in [0.717, 1.165) is 31.6 Å². The van der Waals surface area contributed by atoms with E-state index in [-0.39, 0.29) is 30.2 Å². The first-order valence-electron chi connectivity index (χ1n) is 10.8. The number of aromatic nitrogens is 2. The number of aryl methyl sites for hydroxylation is 1. The van der Waals surface area contributed by atoms with Gasteiger partial charge < -0.3 is 10.6 Å². The van der Waals surface area contributed by atoms with Crippen molar-refractivity contribution in [1.29, 1.82) is 0 Å². The van der Waals surface area contributed by atoms with Gasteiger partial charge in [-0.15, -0.1) is 0 Å². The normalized spacial score (nSPS) is 17.4. The maximum atomic E-state index is 13.1. The topological polar surface area (TPSA) is 99.6 Å². The average Bonchev–Trinajstić information content (AvgIpc) is 3.36. The lowest BCUT2D eigenvalue weighted by atomic mass is 9.91. The second kappa shape index (κ2) is 9.47. The third-order valence-corrected chi connectivity index (χ3v) is 5.96. The number of benzene rings is 1. The predicted molar refractivity (Wildman–Crippen MR) is 116 cm³/mol. The van der Waals surface area contributed by atoms with Gasteiger partial charge in [0.25, 0.3) is 5.91 Å². The minimum Gasteiger partial charge on any atom is -0.336 e. The molecule has 4 amide bonds. The van der Waals surface area contributed by atoms with Crippen molar-refractivity contribution in [2.45, 2.75) is 19.3 Å². The number of likely N-dealkylation sites (tertiary alicyclic amines) is 1. The summed E-state index contributed by atoms with van der Waals surface area (Å²) in [6.07, 6.45) is 4.14. The van der Waals surface area contributed by atoms with Crippen LogP contribution in [0.4, 0.5) is 14.9 Å². The Kier molecular flexibility index (Phi) is 6.50. The molecular formula is C22H27FN6O3. The molecule has 3 heterocycles. The highest BCUT2D eigenvalue weighted by atomic mass is 19.1. The number of amides is 4. The summed E-state index contributed by atoms with van der Waals surface area (Å²) >= 11 is 0. The van der Waals surface area contributed by atoms with Gasteiger partial charge >= 0.3 is 6.03 Å². The molecule has 2 saturated heterocycles. The number of nitrogens with one attached hydrogen (secondary N) is 2. The number of piperidine rings is 1. The largest absolute Gasteiger partial charge is 0.336 e. The molecule has 2 aliphatic heterocycles. The van der Waals surface area contributed by atoms with Crippen LogP contribution in [0, 0.1) is 11.7 Å². The standard InChI is InChI=1S/C22H27FN6O3/c1-27-13-18(21(31)25-17-4-2-16(23)3-5-17)19(26-27)12-15-6-9-28(10-7-15)14-20(30)29-11-8-24-22(29)32/h2-5,13,15H,6-12,14H2,1H3,(H,24,32)(H,25,31). The first-order chi connectivity index (χ1) is 15.4. The van der Waals surface area contributed by atoms with Gasteiger partial charge in [-0.05, 0) is 62.5 Å². The summed E-state index contributed by atoms with van der Waals surface area (Å²) in [7, 11) is 1.78. The summed E-state index contributed by atoms with van der Waals surface area (Å²) in [4.78, 5) is 40.1. The van der Waals surface area contributed by atoms with Crippen LogP contribution >= 0.6 is 0 Å². The van der Waals surface area contributed by atoms with Crippen molar-refractivity contribution in [2.24, 2.45) is 13.0 Å². The molecule has 2 aromatic rings. The smallest absolute Gasteiger partial charge is 0.324 e. The third-order valence-electron chi connectivity index (χ3n) is 5.96. The van der Waals surface area contributed by atoms with E-state index < -0.39 is 0 Å². The van der Waals surface area contributed by atoms with Crippen LogP contribution < -0.4 is 10.6 Å². The second-order valence-corrected chi connectivity index (χ2v) is 8.33. The SMILES string of the molecule is Cn1cc(C(=O)Nc2ccc(F)cc2)c(CC2CCN(CC(=O)N3CCNC3=O)CC2)n1. The number of urea groups is 1. The lowest BCUT2D eigenvalue weighted by Crippen LogP contribution is -2.44. The number of carbonyl (C=O) groups excluding carboxylic acids is 3. The highest BCUT2D eigenvalue weighted by Crippen LogP contribution is 2.23. The van der Waals surface area contributed by atoms with Crippen LogP contribution in [0.3, 0.4) is 0 Å². The molecule has 0 saturated carbocycles. The van der Waals surface area contributed by atoms with Gasteiger partial charge in [-0.1, -0.05) is 0 Å². The fourth-order valence-corrected chi connectivity index (χ4v) is 4.21. The molecular weight excluding hydrogens is 415 g/mol. The molecule has 2 aliphatic rings. The summed E-state index contributed by atoms with van der Waals surface area (Å²) in [5, 5.41) is 9.93. The Labute approximate surface area is 185 Å². The molecule has 4 rings (SSSR count). The van der Waals surface area contributed by atoms with Gasteiger partial charge in [-0.25, -0.2) is 9.18 Å². The van der Waals surface area contributed by atoms with Crippen molar-refractivity contribution in [1.82, 2.24) is 24.9 Å². The van der Waals surface area contributed by atoms with E-state index in [1.807, 2.05) is 0 Å². The van der Waals surface area contributed by atoms with E-state index in [2.05, 4.69) is 20.6 Å². The van der Waals surface area contributed by atoms with Crippen molar-refractivity contribution >= 4 is 23.5 Å². The fraction of sp³-hybridized carbons (Fsp3) is 0.455. The number of nitrogens with zero attached hydrogens (tertiary/aromatic N) is 4. The molecule has 9 nitrogen and oxygen atoms in total. The van der Waals surface area contributed by atoms with Gasteiger partial charge in [0.1, 0.15) is 5.82 Å². The molecule has 0 radical (unpaired) electrons. The van der Waals surface area contributed by atoms with Crippen LogP contribution in [0.5, 0.6) is 0 Å². The molecule has 32 heavy (non-hydrogen) atoms. The van der Waals surface area contributed by atoms with Crippen LogP contribution in [0.15, 0.2) is 30.5 Å². The molecule has 1 aromatic heterocycles. The summed E-state index contributed by atoms with van der Waals surface area (Å²) in [5.74, 6) is -0.444. The van der Waals surface area contributed by atoms with Crippen molar-refractivity contribution in [3.05, 3.63) is 47.5 Å². The van der Waals surface area contributed by atoms with Crippen LogP contribution in [-0.2, 0) is 18.3 Å². The molecule has 1 aromatic carbocycles. The minimum absolute atomic E-state index is 0.164. The summed E-state index contributed by atoms with van der Waals surface area (Å²) in [6, 6.07) is 5.33. The fourth-order valence-electron chi connectivity index (χ4n) is 4.21. The van der Waals surface area contributed by atoms with E-state index in [9.17, 15) is 18.8 Å². The quantitative estimate of drug-likeness (QED) is 0.708. The summed E-state index contributed by atoms with van der Waals surface area (Å²) < 4.78 is 14.7. The predicted octanol–water partition coefficient (Wildman–Crippen LogP) is 1.62. The van der Waals surface area contributed by atoms with Crippen LogP contribution in [-0.4, -0.2) is 70.1 Å². The summed E-state index contributed by atoms with van der Waals surface area (Å²) in [6.45, 7) is 2.70. The number of rotatable bonds is 6. The maximum absolute atomic E-state index is 13.1.